The van der Waals surface area contributed by atoms with E-state index in [-0.39, 0.29) is 24.1 Å². The highest BCUT2D eigenvalue weighted by Gasteiger charge is 2.19. The van der Waals surface area contributed by atoms with E-state index in [2.05, 4.69) is 5.32 Å². The summed E-state index contributed by atoms with van der Waals surface area (Å²) in [6, 6.07) is 5.01. The molecule has 0 saturated heterocycles. The molecule has 1 aromatic carbocycles. The summed E-state index contributed by atoms with van der Waals surface area (Å²) >= 11 is 0. The second-order valence-corrected chi connectivity index (χ2v) is 4.96. The summed E-state index contributed by atoms with van der Waals surface area (Å²) in [4.78, 5) is 23.0. The zero-order chi connectivity index (χ0) is 14.4. The number of hydrogen-bond donors (Lipinski definition) is 2. The van der Waals surface area contributed by atoms with E-state index in [0.29, 0.717) is 12.0 Å². The minimum absolute atomic E-state index is 0.0994. The van der Waals surface area contributed by atoms with Gasteiger partial charge in [-0.15, -0.1) is 0 Å². The Hall–Kier alpha value is -1.91. The van der Waals surface area contributed by atoms with E-state index in [1.165, 1.54) is 24.3 Å². The van der Waals surface area contributed by atoms with Gasteiger partial charge in [0, 0.05) is 0 Å². The zero-order valence-electron chi connectivity index (χ0n) is 11.2. The van der Waals surface area contributed by atoms with Gasteiger partial charge in [0.05, 0.1) is 6.42 Å². The van der Waals surface area contributed by atoms with E-state index in [9.17, 15) is 14.0 Å². The third-order valence-electron chi connectivity index (χ3n) is 2.66. The molecule has 0 fully saturated rings. The van der Waals surface area contributed by atoms with Gasteiger partial charge in [-0.2, -0.15) is 0 Å². The number of nitrogens with one attached hydrogen (secondary N) is 1. The molecule has 0 spiro atoms. The van der Waals surface area contributed by atoms with Crippen molar-refractivity contribution in [2.24, 2.45) is 11.7 Å². The molecule has 5 heteroatoms. The molecule has 19 heavy (non-hydrogen) atoms. The Balaban J connectivity index is 2.57. The first-order valence-corrected chi connectivity index (χ1v) is 6.21. The van der Waals surface area contributed by atoms with Gasteiger partial charge in [-0.25, -0.2) is 4.39 Å². The molecule has 0 heterocycles. The van der Waals surface area contributed by atoms with Gasteiger partial charge < -0.3 is 11.1 Å². The van der Waals surface area contributed by atoms with E-state index >= 15 is 0 Å². The van der Waals surface area contributed by atoms with Crippen molar-refractivity contribution in [2.75, 3.05) is 0 Å². The Morgan fingerprint density at radius 2 is 1.84 bits per heavy atom. The minimum Gasteiger partial charge on any atom is -0.368 e. The molecule has 4 nitrogen and oxygen atoms in total. The van der Waals surface area contributed by atoms with Crippen molar-refractivity contribution >= 4 is 11.8 Å². The summed E-state index contributed by atoms with van der Waals surface area (Å²) in [7, 11) is 0. The average molecular weight is 266 g/mol. The van der Waals surface area contributed by atoms with Crippen molar-refractivity contribution in [3.05, 3.63) is 35.6 Å². The lowest BCUT2D eigenvalue weighted by atomic mass is 10.0. The molecule has 0 saturated carbocycles. The molecule has 0 unspecified atom stereocenters. The van der Waals surface area contributed by atoms with Crippen LogP contribution < -0.4 is 11.1 Å². The van der Waals surface area contributed by atoms with Gasteiger partial charge in [-0.05, 0) is 30.0 Å². The molecular formula is C14H19FN2O2. The highest BCUT2D eigenvalue weighted by atomic mass is 19.1. The molecule has 2 amide bonds. The van der Waals surface area contributed by atoms with Crippen molar-refractivity contribution in [3.63, 3.8) is 0 Å². The Kier molecular flexibility index (Phi) is 5.48. The minimum atomic E-state index is -0.659. The second-order valence-electron chi connectivity index (χ2n) is 4.96. The van der Waals surface area contributed by atoms with Crippen LogP contribution in [0, 0.1) is 11.7 Å². The largest absolute Gasteiger partial charge is 0.368 e. The quantitative estimate of drug-likeness (QED) is 0.816. The van der Waals surface area contributed by atoms with Gasteiger partial charge in [0.25, 0.3) is 0 Å². The first kappa shape index (κ1) is 15.1. The summed E-state index contributed by atoms with van der Waals surface area (Å²) in [5.41, 5.74) is 5.93. The van der Waals surface area contributed by atoms with Crippen LogP contribution in [0.15, 0.2) is 24.3 Å². The number of rotatable bonds is 6. The van der Waals surface area contributed by atoms with E-state index in [4.69, 9.17) is 5.73 Å². The lowest BCUT2D eigenvalue weighted by Gasteiger charge is -2.17. The van der Waals surface area contributed by atoms with E-state index in [0.717, 1.165) is 0 Å². The van der Waals surface area contributed by atoms with Crippen LogP contribution in [0.25, 0.3) is 0 Å². The maximum absolute atomic E-state index is 12.7. The predicted octanol–water partition coefficient (Wildman–Crippen LogP) is 1.38. The number of carbonyl (C=O) groups is 2. The monoisotopic (exact) mass is 266 g/mol. The Morgan fingerprint density at radius 3 is 2.32 bits per heavy atom. The smallest absolute Gasteiger partial charge is 0.240 e. The molecule has 3 N–H and O–H groups in total. The van der Waals surface area contributed by atoms with Crippen molar-refractivity contribution < 1.29 is 14.0 Å². The summed E-state index contributed by atoms with van der Waals surface area (Å²) in [6.45, 7) is 3.89. The van der Waals surface area contributed by atoms with E-state index in [1.807, 2.05) is 13.8 Å². The number of nitrogens with two attached hydrogens (primary N) is 1. The third kappa shape index (κ3) is 5.50. The molecular weight excluding hydrogens is 247 g/mol. The summed E-state index contributed by atoms with van der Waals surface area (Å²) in [5.74, 6) is -0.931. The van der Waals surface area contributed by atoms with Crippen LogP contribution in [0.5, 0.6) is 0 Å². The van der Waals surface area contributed by atoms with Crippen molar-refractivity contribution in [1.82, 2.24) is 5.32 Å². The number of halogens is 1. The molecule has 1 aromatic rings. The second kappa shape index (κ2) is 6.87. The van der Waals surface area contributed by atoms with Gasteiger partial charge in [0.2, 0.25) is 11.8 Å². The van der Waals surface area contributed by atoms with Crippen molar-refractivity contribution in [1.29, 1.82) is 0 Å². The van der Waals surface area contributed by atoms with Crippen LogP contribution in [0.2, 0.25) is 0 Å². The fourth-order valence-corrected chi connectivity index (χ4v) is 1.75. The van der Waals surface area contributed by atoms with Crippen LogP contribution in [0.1, 0.15) is 25.8 Å². The predicted molar refractivity (Wildman–Crippen MR) is 70.7 cm³/mol. The average Bonchev–Trinajstić information content (AvgIpc) is 2.30. The summed E-state index contributed by atoms with van der Waals surface area (Å²) in [6.07, 6.45) is 0.604. The fraction of sp³-hybridized carbons (Fsp3) is 0.429. The molecule has 1 atom stereocenters. The number of primary amides is 1. The molecule has 0 bridgehead atoms. The molecule has 0 aliphatic carbocycles. The number of carbonyl (C=O) groups excluding carboxylic acids is 2. The van der Waals surface area contributed by atoms with Crippen LogP contribution in [0.3, 0.4) is 0 Å². The Labute approximate surface area is 112 Å². The topological polar surface area (TPSA) is 72.2 Å². The lowest BCUT2D eigenvalue weighted by molar-refractivity contribution is -0.127. The number of amides is 2. The SMILES string of the molecule is CC(C)C[C@H](NC(=O)Cc1ccc(F)cc1)C(N)=O. The standard InChI is InChI=1S/C14H19FN2O2/c1-9(2)7-12(14(16)19)17-13(18)8-10-3-5-11(15)6-4-10/h3-6,9,12H,7-8H2,1-2H3,(H2,16,19)(H,17,18)/t12-/m0/s1. The maximum atomic E-state index is 12.7. The first-order chi connectivity index (χ1) is 8.88. The molecule has 1 rings (SSSR count). The maximum Gasteiger partial charge on any atom is 0.240 e. The molecule has 0 aromatic heterocycles. The van der Waals surface area contributed by atoms with Gasteiger partial charge in [0.15, 0.2) is 0 Å². The van der Waals surface area contributed by atoms with Crippen LogP contribution in [0.4, 0.5) is 4.39 Å². The van der Waals surface area contributed by atoms with Gasteiger partial charge in [-0.3, -0.25) is 9.59 Å². The highest BCUT2D eigenvalue weighted by molar-refractivity contribution is 5.87. The lowest BCUT2D eigenvalue weighted by Crippen LogP contribution is -2.45. The first-order valence-electron chi connectivity index (χ1n) is 6.21. The third-order valence-corrected chi connectivity index (χ3v) is 2.66. The Bertz CT molecular complexity index is 443. The zero-order valence-corrected chi connectivity index (χ0v) is 11.2. The summed E-state index contributed by atoms with van der Waals surface area (Å²) in [5, 5.41) is 2.60. The van der Waals surface area contributed by atoms with Gasteiger partial charge in [-0.1, -0.05) is 26.0 Å². The number of benzene rings is 1. The van der Waals surface area contributed by atoms with E-state index < -0.39 is 11.9 Å². The van der Waals surface area contributed by atoms with Crippen LogP contribution >= 0.6 is 0 Å². The van der Waals surface area contributed by atoms with Crippen LogP contribution in [-0.4, -0.2) is 17.9 Å². The van der Waals surface area contributed by atoms with Crippen LogP contribution in [-0.2, 0) is 16.0 Å². The molecule has 0 radical (unpaired) electrons. The molecule has 0 aliphatic heterocycles. The molecule has 0 aliphatic rings. The fourth-order valence-electron chi connectivity index (χ4n) is 1.75. The van der Waals surface area contributed by atoms with Crippen molar-refractivity contribution in [2.45, 2.75) is 32.7 Å². The highest BCUT2D eigenvalue weighted by Crippen LogP contribution is 2.06. The summed E-state index contributed by atoms with van der Waals surface area (Å²) < 4.78 is 12.7. The Morgan fingerprint density at radius 1 is 1.26 bits per heavy atom. The number of hydrogen-bond acceptors (Lipinski definition) is 2. The normalized spacial score (nSPS) is 12.2. The van der Waals surface area contributed by atoms with Crippen molar-refractivity contribution in [3.8, 4) is 0 Å². The van der Waals surface area contributed by atoms with Gasteiger partial charge in [0.1, 0.15) is 11.9 Å². The molecule has 104 valence electrons. The van der Waals surface area contributed by atoms with E-state index in [1.54, 1.807) is 0 Å². The van der Waals surface area contributed by atoms with Gasteiger partial charge >= 0.3 is 0 Å².